The summed E-state index contributed by atoms with van der Waals surface area (Å²) in [6.07, 6.45) is 8.94. The molecule has 0 radical (unpaired) electrons. The quantitative estimate of drug-likeness (QED) is 0.624. The van der Waals surface area contributed by atoms with Crippen molar-refractivity contribution < 1.29 is 4.79 Å². The Balaban J connectivity index is 2.00. The maximum atomic E-state index is 12.7. The molecule has 0 bridgehead atoms. The van der Waals surface area contributed by atoms with Gasteiger partial charge in [-0.2, -0.15) is 0 Å². The maximum absolute atomic E-state index is 12.7. The minimum absolute atomic E-state index is 0.119. The van der Waals surface area contributed by atoms with Crippen LogP contribution in [0.5, 0.6) is 0 Å². The number of pyridine rings is 1. The average molecular weight is 341 g/mol. The van der Waals surface area contributed by atoms with Crippen molar-refractivity contribution in [1.29, 1.82) is 0 Å². The van der Waals surface area contributed by atoms with E-state index in [4.69, 9.17) is 11.6 Å². The Hall–Kier alpha value is -0.740. The molecule has 2 rings (SSSR count). The third-order valence-corrected chi connectivity index (χ3v) is 6.01. The van der Waals surface area contributed by atoms with E-state index in [1.807, 2.05) is 12.1 Å². The molecule has 1 heterocycles. The van der Waals surface area contributed by atoms with Crippen LogP contribution in [0.1, 0.15) is 52.4 Å². The summed E-state index contributed by atoms with van der Waals surface area (Å²) in [6.45, 7) is 4.14. The van der Waals surface area contributed by atoms with Gasteiger partial charge in [0.2, 0.25) is 5.91 Å². The molecule has 0 aliphatic heterocycles. The first-order valence-electron chi connectivity index (χ1n) is 8.15. The molecule has 122 valence electrons. The molecule has 1 atom stereocenters. The molecule has 1 N–H and O–H groups in total. The molecule has 1 aromatic rings. The van der Waals surface area contributed by atoms with Gasteiger partial charge in [-0.25, -0.2) is 4.98 Å². The third kappa shape index (κ3) is 5.17. The van der Waals surface area contributed by atoms with Gasteiger partial charge in [0.25, 0.3) is 0 Å². The molecule has 1 saturated carbocycles. The standard InChI is InChI=1S/C17H25ClN2OS/c1-12(2)15(22-17-14(18)10-7-11-19-17)16(21)20-13-8-5-3-4-6-9-13/h7,10-13,15H,3-6,8-9H2,1-2H3,(H,20,21)/t15-/m0/s1. The molecule has 5 heteroatoms. The Bertz CT molecular complexity index is 487. The molecule has 1 aliphatic rings. The van der Waals surface area contributed by atoms with E-state index in [-0.39, 0.29) is 17.1 Å². The number of nitrogens with zero attached hydrogens (tertiary/aromatic N) is 1. The zero-order chi connectivity index (χ0) is 15.9. The van der Waals surface area contributed by atoms with Crippen molar-refractivity contribution in [3.05, 3.63) is 23.4 Å². The van der Waals surface area contributed by atoms with E-state index in [0.29, 0.717) is 11.1 Å². The molecule has 0 spiro atoms. The number of rotatable bonds is 5. The highest BCUT2D eigenvalue weighted by Crippen LogP contribution is 2.32. The lowest BCUT2D eigenvalue weighted by Crippen LogP contribution is -2.42. The van der Waals surface area contributed by atoms with Crippen LogP contribution in [0.2, 0.25) is 5.02 Å². The number of hydrogen-bond donors (Lipinski definition) is 1. The Morgan fingerprint density at radius 1 is 1.32 bits per heavy atom. The lowest BCUT2D eigenvalue weighted by Gasteiger charge is -2.23. The first-order chi connectivity index (χ1) is 10.6. The van der Waals surface area contributed by atoms with Crippen LogP contribution in [0.3, 0.4) is 0 Å². The molecule has 1 aromatic heterocycles. The van der Waals surface area contributed by atoms with Crippen LogP contribution < -0.4 is 5.32 Å². The number of hydrogen-bond acceptors (Lipinski definition) is 3. The molecule has 0 saturated heterocycles. The van der Waals surface area contributed by atoms with Gasteiger partial charge in [0.1, 0.15) is 5.03 Å². The minimum atomic E-state index is -0.157. The Labute approximate surface area is 142 Å². The molecule has 1 fully saturated rings. The van der Waals surface area contributed by atoms with Gasteiger partial charge in [-0.1, -0.05) is 62.9 Å². The fourth-order valence-electron chi connectivity index (χ4n) is 2.78. The monoisotopic (exact) mass is 340 g/mol. The van der Waals surface area contributed by atoms with Crippen molar-refractivity contribution in [3.63, 3.8) is 0 Å². The highest BCUT2D eigenvalue weighted by molar-refractivity contribution is 8.00. The summed E-state index contributed by atoms with van der Waals surface area (Å²) in [5.74, 6) is 0.350. The third-order valence-electron chi connectivity index (χ3n) is 4.03. The highest BCUT2D eigenvalue weighted by Gasteiger charge is 2.27. The van der Waals surface area contributed by atoms with Crippen molar-refractivity contribution in [1.82, 2.24) is 10.3 Å². The molecular weight excluding hydrogens is 316 g/mol. The molecule has 3 nitrogen and oxygen atoms in total. The second-order valence-electron chi connectivity index (χ2n) is 6.27. The predicted molar refractivity (Wildman–Crippen MR) is 93.4 cm³/mol. The molecule has 1 aliphatic carbocycles. The summed E-state index contributed by atoms with van der Waals surface area (Å²) in [5, 5.41) is 4.44. The van der Waals surface area contributed by atoms with Crippen LogP contribution in [0.4, 0.5) is 0 Å². The molecule has 0 unspecified atom stereocenters. The second-order valence-corrected chi connectivity index (χ2v) is 7.81. The Morgan fingerprint density at radius 3 is 2.59 bits per heavy atom. The smallest absolute Gasteiger partial charge is 0.234 e. The number of halogens is 1. The van der Waals surface area contributed by atoms with Crippen LogP contribution in [-0.4, -0.2) is 22.2 Å². The Morgan fingerprint density at radius 2 is 2.00 bits per heavy atom. The zero-order valence-electron chi connectivity index (χ0n) is 13.3. The number of amides is 1. The predicted octanol–water partition coefficient (Wildman–Crippen LogP) is 4.69. The van der Waals surface area contributed by atoms with E-state index in [2.05, 4.69) is 24.1 Å². The van der Waals surface area contributed by atoms with E-state index in [9.17, 15) is 4.79 Å². The number of aromatic nitrogens is 1. The topological polar surface area (TPSA) is 42.0 Å². The summed E-state index contributed by atoms with van der Waals surface area (Å²) in [6, 6.07) is 3.95. The molecule has 0 aromatic carbocycles. The molecular formula is C17H25ClN2OS. The van der Waals surface area contributed by atoms with Crippen LogP contribution in [0.15, 0.2) is 23.4 Å². The lowest BCUT2D eigenvalue weighted by atomic mass is 10.1. The molecule has 22 heavy (non-hydrogen) atoms. The minimum Gasteiger partial charge on any atom is -0.352 e. The SMILES string of the molecule is CC(C)[C@H](Sc1ncccc1Cl)C(=O)NC1CCCCCC1. The van der Waals surface area contributed by atoms with Gasteiger partial charge in [0, 0.05) is 12.2 Å². The van der Waals surface area contributed by atoms with E-state index in [0.717, 1.165) is 17.9 Å². The maximum Gasteiger partial charge on any atom is 0.234 e. The van der Waals surface area contributed by atoms with Crippen molar-refractivity contribution in [2.75, 3.05) is 0 Å². The van der Waals surface area contributed by atoms with Crippen molar-refractivity contribution >= 4 is 29.3 Å². The largest absolute Gasteiger partial charge is 0.352 e. The summed E-state index contributed by atoms with van der Waals surface area (Å²) in [4.78, 5) is 17.0. The highest BCUT2D eigenvalue weighted by atomic mass is 35.5. The fraction of sp³-hybridized carbons (Fsp3) is 0.647. The summed E-state index contributed by atoms with van der Waals surface area (Å²) in [5.41, 5.74) is 0. The van der Waals surface area contributed by atoms with Crippen LogP contribution in [0, 0.1) is 5.92 Å². The number of nitrogens with one attached hydrogen (secondary N) is 1. The zero-order valence-corrected chi connectivity index (χ0v) is 14.9. The van der Waals surface area contributed by atoms with Crippen LogP contribution in [0.25, 0.3) is 0 Å². The van der Waals surface area contributed by atoms with Crippen molar-refractivity contribution in [2.24, 2.45) is 5.92 Å². The van der Waals surface area contributed by atoms with Crippen molar-refractivity contribution in [3.8, 4) is 0 Å². The van der Waals surface area contributed by atoms with Gasteiger partial charge in [-0.3, -0.25) is 4.79 Å². The fourth-order valence-corrected chi connectivity index (χ4v) is 4.02. The van der Waals surface area contributed by atoms with E-state index < -0.39 is 0 Å². The first kappa shape index (κ1) is 17.6. The van der Waals surface area contributed by atoms with E-state index in [1.165, 1.54) is 37.4 Å². The lowest BCUT2D eigenvalue weighted by molar-refractivity contribution is -0.122. The van der Waals surface area contributed by atoms with Gasteiger partial charge < -0.3 is 5.32 Å². The first-order valence-corrected chi connectivity index (χ1v) is 9.41. The summed E-state index contributed by atoms with van der Waals surface area (Å²) in [7, 11) is 0. The summed E-state index contributed by atoms with van der Waals surface area (Å²) < 4.78 is 0. The number of thioether (sulfide) groups is 1. The Kier molecular flexibility index (Phi) is 7.03. The van der Waals surface area contributed by atoms with Gasteiger partial charge >= 0.3 is 0 Å². The van der Waals surface area contributed by atoms with Gasteiger partial charge in [0.05, 0.1) is 10.3 Å². The number of carbonyl (C=O) groups is 1. The van der Waals surface area contributed by atoms with E-state index in [1.54, 1.807) is 6.20 Å². The van der Waals surface area contributed by atoms with Gasteiger partial charge in [0.15, 0.2) is 0 Å². The van der Waals surface area contributed by atoms with Crippen LogP contribution in [-0.2, 0) is 4.79 Å². The van der Waals surface area contributed by atoms with Gasteiger partial charge in [-0.15, -0.1) is 0 Å². The van der Waals surface area contributed by atoms with Crippen molar-refractivity contribution in [2.45, 2.75) is 68.7 Å². The molecule has 1 amide bonds. The van der Waals surface area contributed by atoms with Crippen LogP contribution >= 0.6 is 23.4 Å². The number of carbonyl (C=O) groups excluding carboxylic acids is 1. The summed E-state index contributed by atoms with van der Waals surface area (Å²) >= 11 is 7.65. The second kappa shape index (κ2) is 8.78. The van der Waals surface area contributed by atoms with E-state index >= 15 is 0 Å². The average Bonchev–Trinajstić information content (AvgIpc) is 2.74. The normalized spacial score (nSPS) is 18.0. The van der Waals surface area contributed by atoms with Gasteiger partial charge in [-0.05, 0) is 30.9 Å².